The Bertz CT molecular complexity index is 1880. The standard InChI is InChI=1S/C32H29N7O10/c40-24(13-14-25(41)35-18-6-8-19(9-7-18)36-30(44)23-11-15-27(49-23)39(47)48)34-17-2-1-16-33-21-5-3-4-20-28(21)32(46)38(31(20)45)22-10-12-26(42)37-29(22)43/h3-9,11,13-15,22,33H,1-2,10,12,16-17H2,(H,34,40)(H,35,41)(H,36,44)(H,37,42,43)/b14-13+. The number of rotatable bonds is 13. The van der Waals surface area contributed by atoms with Gasteiger partial charge in [-0.1, -0.05) is 6.07 Å². The lowest BCUT2D eigenvalue weighted by atomic mass is 10.0. The van der Waals surface area contributed by atoms with Crippen LogP contribution in [0, 0.1) is 10.1 Å². The molecule has 17 heteroatoms. The van der Waals surface area contributed by atoms with E-state index in [4.69, 9.17) is 4.42 Å². The van der Waals surface area contributed by atoms with Crippen LogP contribution < -0.4 is 26.6 Å². The molecule has 0 saturated carbocycles. The van der Waals surface area contributed by atoms with Gasteiger partial charge in [0.05, 0.1) is 17.2 Å². The number of nitro groups is 1. The van der Waals surface area contributed by atoms with Crippen molar-refractivity contribution in [3.8, 4) is 0 Å². The predicted molar refractivity (Wildman–Crippen MR) is 171 cm³/mol. The Kier molecular flexibility index (Phi) is 10.2. The number of anilines is 3. The second kappa shape index (κ2) is 14.8. The van der Waals surface area contributed by atoms with Gasteiger partial charge in [-0.3, -0.25) is 53.9 Å². The summed E-state index contributed by atoms with van der Waals surface area (Å²) in [5.41, 5.74) is 1.50. The van der Waals surface area contributed by atoms with Gasteiger partial charge in [0.25, 0.3) is 17.7 Å². The molecule has 7 amide bonds. The molecule has 1 fully saturated rings. The number of amides is 7. The Morgan fingerprint density at radius 2 is 1.59 bits per heavy atom. The highest BCUT2D eigenvalue weighted by atomic mass is 16.6. The number of piperidine rings is 1. The summed E-state index contributed by atoms with van der Waals surface area (Å²) in [6.45, 7) is 0.719. The first kappa shape index (κ1) is 33.7. The van der Waals surface area contributed by atoms with E-state index < -0.39 is 58.2 Å². The van der Waals surface area contributed by atoms with E-state index in [-0.39, 0.29) is 29.7 Å². The highest BCUT2D eigenvalue weighted by Gasteiger charge is 2.45. The summed E-state index contributed by atoms with van der Waals surface area (Å²) < 4.78 is 4.85. The van der Waals surface area contributed by atoms with Gasteiger partial charge >= 0.3 is 5.88 Å². The minimum absolute atomic E-state index is 0.0288. The zero-order chi connectivity index (χ0) is 35.1. The summed E-state index contributed by atoms with van der Waals surface area (Å²) in [6, 6.07) is 12.0. The molecule has 1 saturated heterocycles. The largest absolute Gasteiger partial charge is 0.433 e. The van der Waals surface area contributed by atoms with Gasteiger partial charge in [-0.15, -0.1) is 0 Å². The van der Waals surface area contributed by atoms with Gasteiger partial charge in [0.15, 0.2) is 5.76 Å². The van der Waals surface area contributed by atoms with E-state index in [2.05, 4.69) is 26.6 Å². The van der Waals surface area contributed by atoms with Crippen molar-refractivity contribution >= 4 is 64.3 Å². The van der Waals surface area contributed by atoms with Crippen LogP contribution in [0.25, 0.3) is 0 Å². The minimum Gasteiger partial charge on any atom is -0.395 e. The number of carbonyl (C=O) groups excluding carboxylic acids is 7. The molecule has 1 unspecified atom stereocenters. The van der Waals surface area contributed by atoms with Gasteiger partial charge in [-0.25, -0.2) is 0 Å². The lowest BCUT2D eigenvalue weighted by molar-refractivity contribution is -0.402. The van der Waals surface area contributed by atoms with Crippen LogP contribution in [-0.4, -0.2) is 70.3 Å². The van der Waals surface area contributed by atoms with E-state index in [0.717, 1.165) is 23.1 Å². The Labute approximate surface area is 277 Å². The molecule has 2 aliphatic rings. The summed E-state index contributed by atoms with van der Waals surface area (Å²) in [6.07, 6.45) is 3.38. The van der Waals surface area contributed by atoms with Gasteiger partial charge in [-0.2, -0.15) is 0 Å². The maximum absolute atomic E-state index is 13.2. The first-order valence-electron chi connectivity index (χ1n) is 15.0. The van der Waals surface area contributed by atoms with E-state index in [1.807, 2.05) is 0 Å². The first-order chi connectivity index (χ1) is 23.5. The molecule has 3 heterocycles. The highest BCUT2D eigenvalue weighted by Crippen LogP contribution is 2.32. The number of hydrogen-bond acceptors (Lipinski definition) is 11. The summed E-state index contributed by atoms with van der Waals surface area (Å²) >= 11 is 0. The predicted octanol–water partition coefficient (Wildman–Crippen LogP) is 2.34. The number of benzene rings is 2. The fourth-order valence-corrected chi connectivity index (χ4v) is 5.12. The van der Waals surface area contributed by atoms with Gasteiger partial charge in [-0.05, 0) is 61.7 Å². The molecule has 3 aromatic rings. The van der Waals surface area contributed by atoms with Crippen molar-refractivity contribution < 1.29 is 42.9 Å². The number of imide groups is 2. The first-order valence-corrected chi connectivity index (χ1v) is 15.0. The third kappa shape index (κ3) is 8.02. The normalized spacial score (nSPS) is 15.5. The van der Waals surface area contributed by atoms with Gasteiger partial charge in [0.2, 0.25) is 23.6 Å². The molecular formula is C32H29N7O10. The third-order valence-corrected chi connectivity index (χ3v) is 7.48. The van der Waals surface area contributed by atoms with Gasteiger partial charge in [0, 0.05) is 48.7 Å². The molecule has 2 aromatic carbocycles. The fraction of sp³-hybridized carbons (Fsp3) is 0.219. The minimum atomic E-state index is -1.06. The Hall–Kier alpha value is -6.65. The average Bonchev–Trinajstić information content (AvgIpc) is 3.67. The number of furan rings is 1. The molecule has 49 heavy (non-hydrogen) atoms. The summed E-state index contributed by atoms with van der Waals surface area (Å²) in [4.78, 5) is 97.4. The topological polar surface area (TPSA) is 239 Å². The second-order valence-corrected chi connectivity index (χ2v) is 10.8. The van der Waals surface area contributed by atoms with Gasteiger partial charge in [0.1, 0.15) is 11.0 Å². The average molecular weight is 672 g/mol. The summed E-state index contributed by atoms with van der Waals surface area (Å²) in [5.74, 6) is -4.88. The highest BCUT2D eigenvalue weighted by molar-refractivity contribution is 6.25. The number of nitrogens with one attached hydrogen (secondary N) is 5. The molecule has 0 bridgehead atoms. The van der Waals surface area contributed by atoms with E-state index in [0.29, 0.717) is 43.0 Å². The van der Waals surface area contributed by atoms with Crippen molar-refractivity contribution in [1.82, 2.24) is 15.5 Å². The van der Waals surface area contributed by atoms with Crippen LogP contribution in [0.4, 0.5) is 22.9 Å². The molecule has 5 N–H and O–H groups in total. The monoisotopic (exact) mass is 671 g/mol. The zero-order valence-corrected chi connectivity index (χ0v) is 25.6. The van der Waals surface area contributed by atoms with E-state index in [1.54, 1.807) is 12.1 Å². The van der Waals surface area contributed by atoms with Crippen LogP contribution in [0.1, 0.15) is 57.0 Å². The van der Waals surface area contributed by atoms with Crippen LogP contribution in [0.5, 0.6) is 0 Å². The number of carbonyl (C=O) groups is 7. The van der Waals surface area contributed by atoms with Crippen LogP contribution >= 0.6 is 0 Å². The second-order valence-electron chi connectivity index (χ2n) is 10.8. The molecule has 0 spiro atoms. The maximum Gasteiger partial charge on any atom is 0.433 e. The van der Waals surface area contributed by atoms with Gasteiger partial charge < -0.3 is 25.7 Å². The summed E-state index contributed by atoms with van der Waals surface area (Å²) in [7, 11) is 0. The van der Waals surface area contributed by atoms with Crippen LogP contribution in [0.3, 0.4) is 0 Å². The lowest BCUT2D eigenvalue weighted by Gasteiger charge is -2.27. The number of hydrogen-bond donors (Lipinski definition) is 5. The SMILES string of the molecule is O=C(/C=C/C(=O)Nc1ccc(NC(=O)c2ccc([N+](=O)[O-])o2)cc1)NCCCCNc1cccc2c1C(=O)N(C1CCC(=O)NC1=O)C2=O. The quantitative estimate of drug-likeness (QED) is 0.0581. The fourth-order valence-electron chi connectivity index (χ4n) is 5.12. The molecule has 1 atom stereocenters. The van der Waals surface area contributed by atoms with Crippen LogP contribution in [0.2, 0.25) is 0 Å². The smallest absolute Gasteiger partial charge is 0.395 e. The molecule has 252 valence electrons. The zero-order valence-electron chi connectivity index (χ0n) is 25.6. The molecule has 2 aliphatic heterocycles. The Morgan fingerprint density at radius 1 is 0.898 bits per heavy atom. The van der Waals surface area contributed by atoms with E-state index >= 15 is 0 Å². The van der Waals surface area contributed by atoms with Crippen LogP contribution in [0.15, 0.2) is 71.2 Å². The number of nitrogens with zero attached hydrogens (tertiary/aromatic N) is 2. The maximum atomic E-state index is 13.2. The molecule has 5 rings (SSSR count). The van der Waals surface area contributed by atoms with Crippen molar-refractivity contribution in [2.24, 2.45) is 0 Å². The molecule has 1 aromatic heterocycles. The Balaban J connectivity index is 1.01. The molecule has 0 aliphatic carbocycles. The van der Waals surface area contributed by atoms with Crippen molar-refractivity contribution in [2.45, 2.75) is 31.7 Å². The van der Waals surface area contributed by atoms with Crippen LogP contribution in [-0.2, 0) is 19.2 Å². The van der Waals surface area contributed by atoms with E-state index in [9.17, 15) is 43.7 Å². The number of unbranched alkanes of at least 4 members (excludes halogenated alkanes) is 1. The van der Waals surface area contributed by atoms with Crippen molar-refractivity contribution in [3.05, 3.63) is 93.8 Å². The third-order valence-electron chi connectivity index (χ3n) is 7.48. The van der Waals surface area contributed by atoms with Crippen molar-refractivity contribution in [3.63, 3.8) is 0 Å². The Morgan fingerprint density at radius 3 is 2.29 bits per heavy atom. The summed E-state index contributed by atoms with van der Waals surface area (Å²) in [5, 5.41) is 23.8. The van der Waals surface area contributed by atoms with Crippen molar-refractivity contribution in [2.75, 3.05) is 29.0 Å². The molecular weight excluding hydrogens is 642 g/mol. The molecule has 0 radical (unpaired) electrons. The molecule has 17 nitrogen and oxygen atoms in total. The number of fused-ring (bicyclic) bond motifs is 1. The van der Waals surface area contributed by atoms with E-state index in [1.165, 1.54) is 36.4 Å². The lowest BCUT2D eigenvalue weighted by Crippen LogP contribution is -2.54. The van der Waals surface area contributed by atoms with Crippen molar-refractivity contribution in [1.29, 1.82) is 0 Å².